The average Bonchev–Trinajstić information content (AvgIpc) is 3.03. The molecule has 1 aromatic carbocycles. The van der Waals surface area contributed by atoms with Crippen LogP contribution in [0.4, 0.5) is 0 Å². The van der Waals surface area contributed by atoms with Gasteiger partial charge < -0.3 is 11.1 Å². The zero-order valence-electron chi connectivity index (χ0n) is 32.7. The van der Waals surface area contributed by atoms with Crippen LogP contribution < -0.4 is 5.73 Å². The van der Waals surface area contributed by atoms with Crippen LogP contribution in [0.5, 0.6) is 0 Å². The number of benzene rings is 1. The standard InChI is InChI=1S/C27H41N.C7H17N.C2H5N.2C2H6.C2H4/c1-8-16-27(17-9-2)19-28(20-27)18-21(5)12-13-22(6)26-15-14-24(10-3)25(11-4)23(26)7;1-3-4-7(2)5-6-8;1-2-3;3*1-2/h10,12-15H,3,8-9,11,16-20H2,1-2,4-7H3;7H,3-6,8H2,1-2H3;2-3H,1H3;2*1-2H3;1-2H2/b21-12+,22-13+;;;;;. The van der Waals surface area contributed by atoms with Crippen LogP contribution in [-0.4, -0.2) is 37.3 Å². The number of allylic oxidation sites excluding steroid dienone is 3. The van der Waals surface area contributed by atoms with Gasteiger partial charge in [0.25, 0.3) is 0 Å². The van der Waals surface area contributed by atoms with Gasteiger partial charge in [0, 0.05) is 19.6 Å². The van der Waals surface area contributed by atoms with Crippen LogP contribution in [0.2, 0.25) is 0 Å². The first kappa shape index (κ1) is 49.6. The van der Waals surface area contributed by atoms with E-state index < -0.39 is 0 Å². The summed E-state index contributed by atoms with van der Waals surface area (Å²) in [6, 6.07) is 4.46. The fourth-order valence-electron chi connectivity index (χ4n) is 6.07. The molecule has 2 rings (SSSR count). The number of hydrogen-bond acceptors (Lipinski definition) is 3. The summed E-state index contributed by atoms with van der Waals surface area (Å²) in [5, 5.41) is 6.08. The number of likely N-dealkylation sites (tertiary alicyclic amines) is 1. The fourth-order valence-corrected chi connectivity index (χ4v) is 6.07. The number of nitrogens with one attached hydrogen (secondary N) is 1. The smallest absolute Gasteiger partial charge is 0.0193 e. The SMILES string of the molecule is C=C.C=Cc1ccc(/C(C)=C/C=C(\C)CN2CC(CCC)(CCC)C2)c(C)c1CC.CC.CC.CC=N.CCCC(C)CCN. The van der Waals surface area contributed by atoms with Crippen LogP contribution in [0.1, 0.15) is 150 Å². The molecule has 0 radical (unpaired) electrons. The first-order chi connectivity index (χ1) is 21.6. The molecule has 3 nitrogen and oxygen atoms in total. The molecule has 0 saturated carbocycles. The van der Waals surface area contributed by atoms with Crippen molar-refractivity contribution in [3.8, 4) is 0 Å². The van der Waals surface area contributed by atoms with E-state index in [1.807, 2.05) is 33.8 Å². The van der Waals surface area contributed by atoms with Crippen molar-refractivity contribution in [2.45, 2.75) is 141 Å². The largest absolute Gasteiger partial charge is 0.330 e. The van der Waals surface area contributed by atoms with E-state index in [1.54, 1.807) is 6.92 Å². The summed E-state index contributed by atoms with van der Waals surface area (Å²) in [6.45, 7) is 42.3. The third-order valence-electron chi connectivity index (χ3n) is 7.84. The molecule has 262 valence electrons. The van der Waals surface area contributed by atoms with Gasteiger partial charge in [-0.3, -0.25) is 4.90 Å². The predicted molar refractivity (Wildman–Crippen MR) is 213 cm³/mol. The lowest BCUT2D eigenvalue weighted by molar-refractivity contribution is -0.00751. The van der Waals surface area contributed by atoms with Crippen molar-refractivity contribution in [1.82, 2.24) is 4.90 Å². The summed E-state index contributed by atoms with van der Waals surface area (Å²) in [5.41, 5.74) is 14.2. The lowest BCUT2D eigenvalue weighted by Gasteiger charge is -2.51. The van der Waals surface area contributed by atoms with E-state index in [1.165, 1.54) is 97.6 Å². The third kappa shape index (κ3) is 21.2. The molecule has 0 amide bonds. The number of rotatable bonds is 14. The van der Waals surface area contributed by atoms with Gasteiger partial charge in [-0.1, -0.05) is 131 Å². The Morgan fingerprint density at radius 3 is 1.87 bits per heavy atom. The minimum absolute atomic E-state index is 0.607. The summed E-state index contributed by atoms with van der Waals surface area (Å²) < 4.78 is 0. The zero-order valence-corrected chi connectivity index (χ0v) is 32.7. The van der Waals surface area contributed by atoms with E-state index in [0.29, 0.717) is 5.41 Å². The van der Waals surface area contributed by atoms with E-state index >= 15 is 0 Å². The second-order valence-electron chi connectivity index (χ2n) is 11.6. The van der Waals surface area contributed by atoms with E-state index in [-0.39, 0.29) is 0 Å². The van der Waals surface area contributed by atoms with Crippen molar-refractivity contribution in [1.29, 1.82) is 5.41 Å². The van der Waals surface area contributed by atoms with Crippen LogP contribution in [0.3, 0.4) is 0 Å². The average molecular weight is 626 g/mol. The Balaban J connectivity index is -0.000000413. The molecular formula is C42H79N3. The summed E-state index contributed by atoms with van der Waals surface area (Å²) in [7, 11) is 0. The van der Waals surface area contributed by atoms with Crippen LogP contribution in [0, 0.1) is 23.7 Å². The van der Waals surface area contributed by atoms with E-state index in [0.717, 1.165) is 25.4 Å². The number of hydrogen-bond donors (Lipinski definition) is 2. The maximum Gasteiger partial charge on any atom is 0.0193 e. The molecule has 1 saturated heterocycles. The summed E-state index contributed by atoms with van der Waals surface area (Å²) in [6.07, 6.45) is 18.1. The monoisotopic (exact) mass is 626 g/mol. The van der Waals surface area contributed by atoms with E-state index in [9.17, 15) is 0 Å². The van der Waals surface area contributed by atoms with E-state index in [4.69, 9.17) is 11.1 Å². The van der Waals surface area contributed by atoms with Gasteiger partial charge >= 0.3 is 0 Å². The number of nitrogens with two attached hydrogens (primary N) is 1. The van der Waals surface area contributed by atoms with Gasteiger partial charge in [-0.15, -0.1) is 13.2 Å². The highest BCUT2D eigenvalue weighted by Gasteiger charge is 2.40. The van der Waals surface area contributed by atoms with Crippen molar-refractivity contribution in [3.63, 3.8) is 0 Å². The highest BCUT2D eigenvalue weighted by atomic mass is 15.2. The van der Waals surface area contributed by atoms with E-state index in [2.05, 4.69) is 104 Å². The van der Waals surface area contributed by atoms with Gasteiger partial charge in [-0.2, -0.15) is 0 Å². The molecule has 1 unspecified atom stereocenters. The molecule has 0 bridgehead atoms. The Labute approximate surface area is 284 Å². The van der Waals surface area contributed by atoms with Gasteiger partial charge in [0.15, 0.2) is 0 Å². The second kappa shape index (κ2) is 33.1. The molecule has 1 aliphatic heterocycles. The van der Waals surface area contributed by atoms with Crippen molar-refractivity contribution in [3.05, 3.63) is 71.8 Å². The Bertz CT molecular complexity index is 889. The molecule has 0 spiro atoms. The lowest BCUT2D eigenvalue weighted by Crippen LogP contribution is -2.56. The molecular weight excluding hydrogens is 546 g/mol. The number of nitrogens with zero attached hydrogens (tertiary/aromatic N) is 1. The van der Waals surface area contributed by atoms with Gasteiger partial charge in [0.2, 0.25) is 0 Å². The predicted octanol–water partition coefficient (Wildman–Crippen LogP) is 12.7. The zero-order chi connectivity index (χ0) is 35.8. The first-order valence-electron chi connectivity index (χ1n) is 18.1. The molecule has 45 heavy (non-hydrogen) atoms. The Morgan fingerprint density at radius 1 is 0.956 bits per heavy atom. The molecule has 1 aromatic rings. The highest BCUT2D eigenvalue weighted by molar-refractivity contribution is 5.71. The highest BCUT2D eigenvalue weighted by Crippen LogP contribution is 2.39. The molecule has 0 aliphatic carbocycles. The van der Waals surface area contributed by atoms with Crippen LogP contribution in [0.25, 0.3) is 11.6 Å². The Hall–Kier alpha value is -2.23. The van der Waals surface area contributed by atoms with Crippen LogP contribution >= 0.6 is 0 Å². The minimum Gasteiger partial charge on any atom is -0.330 e. The topological polar surface area (TPSA) is 53.1 Å². The van der Waals surface area contributed by atoms with Crippen molar-refractivity contribution < 1.29 is 0 Å². The Kier molecular flexibility index (Phi) is 36.6. The summed E-state index contributed by atoms with van der Waals surface area (Å²) >= 11 is 0. The fraction of sp³-hybridized carbons (Fsp3) is 0.643. The molecule has 0 aromatic heterocycles. The van der Waals surface area contributed by atoms with Gasteiger partial charge in [-0.25, -0.2) is 0 Å². The summed E-state index contributed by atoms with van der Waals surface area (Å²) in [4.78, 5) is 2.62. The lowest BCUT2D eigenvalue weighted by atomic mass is 9.72. The first-order valence-corrected chi connectivity index (χ1v) is 18.1. The van der Waals surface area contributed by atoms with Gasteiger partial charge in [0.1, 0.15) is 0 Å². The second-order valence-corrected chi connectivity index (χ2v) is 11.6. The Morgan fingerprint density at radius 2 is 1.47 bits per heavy atom. The van der Waals surface area contributed by atoms with Crippen LogP contribution in [0.15, 0.2) is 49.6 Å². The quantitative estimate of drug-likeness (QED) is 0.123. The third-order valence-corrected chi connectivity index (χ3v) is 7.84. The van der Waals surface area contributed by atoms with Crippen LogP contribution in [-0.2, 0) is 6.42 Å². The van der Waals surface area contributed by atoms with Crippen molar-refractivity contribution in [2.24, 2.45) is 17.1 Å². The van der Waals surface area contributed by atoms with Crippen molar-refractivity contribution in [2.75, 3.05) is 26.2 Å². The van der Waals surface area contributed by atoms with Gasteiger partial charge in [-0.05, 0) is 105 Å². The molecule has 1 aliphatic rings. The normalized spacial score (nSPS) is 14.0. The van der Waals surface area contributed by atoms with Gasteiger partial charge in [0.05, 0.1) is 0 Å². The summed E-state index contributed by atoms with van der Waals surface area (Å²) in [5.74, 6) is 0.838. The molecule has 1 fully saturated rings. The maximum atomic E-state index is 6.08. The maximum absolute atomic E-state index is 6.08. The van der Waals surface area contributed by atoms with Crippen molar-refractivity contribution >= 4 is 17.9 Å². The minimum atomic E-state index is 0.607. The molecule has 1 heterocycles. The molecule has 3 N–H and O–H groups in total. The molecule has 3 heteroatoms. The molecule has 1 atom stereocenters.